The number of nitrogens with zero attached hydrogens (tertiary/aromatic N) is 1. The van der Waals surface area contributed by atoms with Crippen molar-refractivity contribution in [2.45, 2.75) is 38.7 Å². The Morgan fingerprint density at radius 1 is 1.24 bits per heavy atom. The molecule has 2 aromatic heterocycles. The Bertz CT molecular complexity index is 1100. The van der Waals surface area contributed by atoms with Crippen molar-refractivity contribution >= 4 is 34.5 Å². The number of aromatic nitrogens is 1. The van der Waals surface area contributed by atoms with Gasteiger partial charge in [0.15, 0.2) is 6.10 Å². The van der Waals surface area contributed by atoms with Gasteiger partial charge in [-0.2, -0.15) is 0 Å². The normalized spacial score (nSPS) is 17.7. The van der Waals surface area contributed by atoms with Gasteiger partial charge in [0.05, 0.1) is 11.3 Å². The number of nitrogens with one attached hydrogen (secondary N) is 2. The molecule has 3 aromatic rings. The van der Waals surface area contributed by atoms with Crippen molar-refractivity contribution in [3.63, 3.8) is 0 Å². The number of aryl methyl sites for hydroxylation is 1. The lowest BCUT2D eigenvalue weighted by Crippen LogP contribution is -2.34. The summed E-state index contributed by atoms with van der Waals surface area (Å²) in [4.78, 5) is 26.5. The highest BCUT2D eigenvalue weighted by Gasteiger charge is 2.27. The van der Waals surface area contributed by atoms with E-state index in [0.29, 0.717) is 17.1 Å². The van der Waals surface area contributed by atoms with Crippen molar-refractivity contribution in [3.8, 4) is 10.8 Å². The summed E-state index contributed by atoms with van der Waals surface area (Å²) in [7, 11) is 0. The number of carbonyl (C=O) groups excluding carboxylic acids is 2. The van der Waals surface area contributed by atoms with Crippen molar-refractivity contribution in [2.24, 2.45) is 0 Å². The number of thiophene rings is 1. The molecule has 0 spiro atoms. The van der Waals surface area contributed by atoms with E-state index in [1.807, 2.05) is 29.1 Å². The predicted octanol–water partition coefficient (Wildman–Crippen LogP) is 4.39. The molecule has 0 bridgehead atoms. The van der Waals surface area contributed by atoms with Crippen molar-refractivity contribution in [3.05, 3.63) is 58.7 Å². The van der Waals surface area contributed by atoms with Gasteiger partial charge >= 0.3 is 0 Å². The van der Waals surface area contributed by atoms with Crippen molar-refractivity contribution in [2.75, 3.05) is 10.6 Å². The maximum Gasteiger partial charge on any atom is 0.265 e. The monoisotopic (exact) mass is 407 g/mol. The minimum absolute atomic E-state index is 0.121. The molecule has 2 aliphatic rings. The van der Waals surface area contributed by atoms with E-state index in [9.17, 15) is 9.59 Å². The fraction of sp³-hybridized carbons (Fsp3) is 0.273. The summed E-state index contributed by atoms with van der Waals surface area (Å²) in [5.41, 5.74) is 3.13. The van der Waals surface area contributed by atoms with Crippen LogP contribution in [0, 0.1) is 0 Å². The first-order chi connectivity index (χ1) is 14.1. The number of fused-ring (bicyclic) bond motifs is 2. The highest BCUT2D eigenvalue weighted by molar-refractivity contribution is 7.15. The van der Waals surface area contributed by atoms with Gasteiger partial charge in [0.2, 0.25) is 0 Å². The second kappa shape index (κ2) is 7.08. The molecule has 2 N–H and O–H groups in total. The number of benzene rings is 1. The molecular weight excluding hydrogens is 386 g/mol. The highest BCUT2D eigenvalue weighted by atomic mass is 32.1. The molecule has 1 aromatic carbocycles. The number of hydrogen-bond donors (Lipinski definition) is 2. The van der Waals surface area contributed by atoms with Crippen LogP contribution in [0.25, 0.3) is 5.00 Å². The van der Waals surface area contributed by atoms with Crippen LogP contribution in [-0.2, 0) is 17.6 Å². The van der Waals surface area contributed by atoms with Gasteiger partial charge in [0.25, 0.3) is 11.8 Å². The largest absolute Gasteiger partial charge is 0.479 e. The summed E-state index contributed by atoms with van der Waals surface area (Å²) >= 11 is 1.71. The maximum atomic E-state index is 13.3. The number of anilines is 2. The molecule has 29 heavy (non-hydrogen) atoms. The van der Waals surface area contributed by atoms with Crippen molar-refractivity contribution in [1.29, 1.82) is 0 Å². The third kappa shape index (κ3) is 3.21. The third-order valence-electron chi connectivity index (χ3n) is 5.39. The smallest absolute Gasteiger partial charge is 0.265 e. The summed E-state index contributed by atoms with van der Waals surface area (Å²) in [5, 5.41) is 6.81. The molecule has 1 aliphatic carbocycles. The first-order valence-corrected chi connectivity index (χ1v) is 10.6. The lowest BCUT2D eigenvalue weighted by Gasteiger charge is -2.23. The highest BCUT2D eigenvalue weighted by Crippen LogP contribution is 2.38. The summed E-state index contributed by atoms with van der Waals surface area (Å²) in [6, 6.07) is 9.25. The zero-order valence-electron chi connectivity index (χ0n) is 16.0. The van der Waals surface area contributed by atoms with E-state index in [1.165, 1.54) is 16.9 Å². The minimum atomic E-state index is -0.524. The van der Waals surface area contributed by atoms with Gasteiger partial charge in [-0.25, -0.2) is 0 Å². The standard InChI is InChI=1S/C22H21N3O3S/c1-13-20(26)24-16-12-14(8-9-17(16)28-13)23-21(27)19-15-6-2-3-7-18(15)29-22(19)25-10-4-5-11-25/h4-5,8-13H,2-3,6-7H2,1H3,(H,23,27)(H,24,26)/t13-/m1/s1. The third-order valence-corrected chi connectivity index (χ3v) is 6.69. The fourth-order valence-electron chi connectivity index (χ4n) is 3.92. The predicted molar refractivity (Wildman–Crippen MR) is 113 cm³/mol. The van der Waals surface area contributed by atoms with Gasteiger partial charge in [0, 0.05) is 23.0 Å². The number of ether oxygens (including phenoxy) is 1. The molecule has 0 fully saturated rings. The molecule has 2 amide bonds. The first kappa shape index (κ1) is 18.0. The molecule has 0 saturated heterocycles. The van der Waals surface area contributed by atoms with Crippen LogP contribution in [0.3, 0.4) is 0 Å². The number of hydrogen-bond acceptors (Lipinski definition) is 4. The van der Waals surface area contributed by atoms with Crippen LogP contribution in [0.1, 0.15) is 40.6 Å². The zero-order valence-corrected chi connectivity index (χ0v) is 16.8. The van der Waals surface area contributed by atoms with E-state index in [1.54, 1.807) is 36.5 Å². The zero-order chi connectivity index (χ0) is 20.0. The summed E-state index contributed by atoms with van der Waals surface area (Å²) in [6.45, 7) is 1.70. The van der Waals surface area contributed by atoms with Gasteiger partial charge in [-0.15, -0.1) is 11.3 Å². The topological polar surface area (TPSA) is 72.4 Å². The number of rotatable bonds is 3. The molecule has 148 valence electrons. The summed E-state index contributed by atoms with van der Waals surface area (Å²) < 4.78 is 7.61. The van der Waals surface area contributed by atoms with Crippen molar-refractivity contribution in [1.82, 2.24) is 4.57 Å². The Morgan fingerprint density at radius 3 is 2.86 bits per heavy atom. The average molecular weight is 407 g/mol. The SMILES string of the molecule is C[C@H]1Oc2ccc(NC(=O)c3c(-n4cccc4)sc4c3CCCC4)cc2NC1=O. The lowest BCUT2D eigenvalue weighted by atomic mass is 9.95. The molecule has 7 heteroatoms. The summed E-state index contributed by atoms with van der Waals surface area (Å²) in [6.07, 6.45) is 7.66. The number of amides is 2. The Balaban J connectivity index is 1.48. The van der Waals surface area contributed by atoms with E-state index in [4.69, 9.17) is 4.74 Å². The van der Waals surface area contributed by atoms with Crippen LogP contribution in [0.15, 0.2) is 42.7 Å². The number of carbonyl (C=O) groups is 2. The van der Waals surface area contributed by atoms with Crippen LogP contribution in [0.5, 0.6) is 5.75 Å². The quantitative estimate of drug-likeness (QED) is 0.676. The van der Waals surface area contributed by atoms with E-state index in [0.717, 1.165) is 29.8 Å². The molecule has 6 nitrogen and oxygen atoms in total. The van der Waals surface area contributed by atoms with Gasteiger partial charge in [-0.1, -0.05) is 0 Å². The Labute approximate surface area is 172 Å². The van der Waals surface area contributed by atoms with Crippen LogP contribution >= 0.6 is 11.3 Å². The second-order valence-electron chi connectivity index (χ2n) is 7.40. The first-order valence-electron chi connectivity index (χ1n) is 9.81. The van der Waals surface area contributed by atoms with E-state index >= 15 is 0 Å². The molecule has 0 radical (unpaired) electrons. The lowest BCUT2D eigenvalue weighted by molar-refractivity contribution is -0.122. The van der Waals surface area contributed by atoms with Crippen LogP contribution in [0.4, 0.5) is 11.4 Å². The van der Waals surface area contributed by atoms with Gasteiger partial charge < -0.3 is 19.9 Å². The van der Waals surface area contributed by atoms with E-state index in [2.05, 4.69) is 10.6 Å². The van der Waals surface area contributed by atoms with Crippen LogP contribution < -0.4 is 15.4 Å². The second-order valence-corrected chi connectivity index (χ2v) is 8.48. The molecule has 0 unspecified atom stereocenters. The minimum Gasteiger partial charge on any atom is -0.479 e. The summed E-state index contributed by atoms with van der Waals surface area (Å²) in [5.74, 6) is 0.295. The molecule has 0 saturated carbocycles. The van der Waals surface area contributed by atoms with Crippen LogP contribution in [-0.4, -0.2) is 22.5 Å². The maximum absolute atomic E-state index is 13.3. The van der Waals surface area contributed by atoms with Gasteiger partial charge in [0.1, 0.15) is 10.8 Å². The molecule has 3 heterocycles. The van der Waals surface area contributed by atoms with E-state index < -0.39 is 6.10 Å². The van der Waals surface area contributed by atoms with Gasteiger partial charge in [-0.3, -0.25) is 9.59 Å². The Kier molecular flexibility index (Phi) is 4.39. The Hall–Kier alpha value is -3.06. The Morgan fingerprint density at radius 2 is 2.03 bits per heavy atom. The van der Waals surface area contributed by atoms with Gasteiger partial charge in [-0.05, 0) is 68.5 Å². The molecule has 1 atom stereocenters. The van der Waals surface area contributed by atoms with E-state index in [-0.39, 0.29) is 11.8 Å². The molecule has 1 aliphatic heterocycles. The average Bonchev–Trinajstić information content (AvgIpc) is 3.36. The molecule has 5 rings (SSSR count). The van der Waals surface area contributed by atoms with Crippen LogP contribution in [0.2, 0.25) is 0 Å². The fourth-order valence-corrected chi connectivity index (χ4v) is 5.27. The van der Waals surface area contributed by atoms with Crippen molar-refractivity contribution < 1.29 is 14.3 Å². The molecular formula is C22H21N3O3S.